The summed E-state index contributed by atoms with van der Waals surface area (Å²) in [7, 11) is 0. The largest absolute Gasteiger partial charge is 0.442 e. The summed E-state index contributed by atoms with van der Waals surface area (Å²) in [4.78, 5) is 41.1. The van der Waals surface area contributed by atoms with Gasteiger partial charge in [-0.3, -0.25) is 9.48 Å². The van der Waals surface area contributed by atoms with Gasteiger partial charge in [-0.2, -0.15) is 5.10 Å². The molecule has 2 aromatic heterocycles. The van der Waals surface area contributed by atoms with Gasteiger partial charge in [-0.1, -0.05) is 30.3 Å². The monoisotopic (exact) mass is 735 g/mol. The van der Waals surface area contributed by atoms with E-state index in [2.05, 4.69) is 35.5 Å². The molecule has 8 rings (SSSR count). The smallest absolute Gasteiger partial charge is 0.361 e. The second kappa shape index (κ2) is 15.9. The molecule has 1 aliphatic carbocycles. The minimum Gasteiger partial charge on any atom is -0.442 e. The van der Waals surface area contributed by atoms with Crippen LogP contribution in [0.4, 0.5) is 15.9 Å². The summed E-state index contributed by atoms with van der Waals surface area (Å²) in [6, 6.07) is 14.9. The van der Waals surface area contributed by atoms with Gasteiger partial charge >= 0.3 is 5.97 Å². The number of nitrogens with zero attached hydrogens (tertiary/aromatic N) is 6. The molecule has 1 saturated carbocycles. The Morgan fingerprint density at radius 1 is 0.944 bits per heavy atom. The molecule has 1 amide bonds. The standard InChI is InChI=1S/C41H50FN9O3/c42-31-6-8-32(9-7-31)47-39(52)37(29-4-2-1-3-5-29)54-40(53)36-38(43)45-25-35(48-36)30-24-46-51(27-30)33-12-18-50(19-13-33)34-22-41(23-34)14-20-49(21-15-41)26-28-10-16-44-17-11-28/h1-9,24-25,27-28,33-34,37,44H,10-23,26H2,(H2,43,45)(H,47,52)/t37-/m1/s1. The average Bonchev–Trinajstić information content (AvgIpc) is 3.69. The number of nitrogens with one attached hydrogen (secondary N) is 2. The number of likely N-dealkylation sites (tertiary alicyclic amines) is 2. The molecule has 54 heavy (non-hydrogen) atoms. The van der Waals surface area contributed by atoms with Gasteiger partial charge in [0.25, 0.3) is 5.91 Å². The van der Waals surface area contributed by atoms with E-state index < -0.39 is 23.8 Å². The van der Waals surface area contributed by atoms with Crippen LogP contribution in [0, 0.1) is 17.2 Å². The van der Waals surface area contributed by atoms with Crippen LogP contribution in [-0.2, 0) is 9.53 Å². The molecule has 12 nitrogen and oxygen atoms in total. The van der Waals surface area contributed by atoms with Crippen molar-refractivity contribution < 1.29 is 18.7 Å². The highest BCUT2D eigenvalue weighted by Gasteiger charge is 2.48. The number of hydrogen-bond acceptors (Lipinski definition) is 10. The molecule has 4 N–H and O–H groups in total. The van der Waals surface area contributed by atoms with E-state index in [0.717, 1.165) is 31.8 Å². The Kier molecular flexibility index (Phi) is 10.7. The van der Waals surface area contributed by atoms with Crippen molar-refractivity contribution in [3.05, 3.63) is 90.3 Å². The lowest BCUT2D eigenvalue weighted by Gasteiger charge is -2.56. The molecule has 0 unspecified atom stereocenters. The molecule has 4 aromatic rings. The minimum absolute atomic E-state index is 0.116. The number of halogens is 1. The van der Waals surface area contributed by atoms with E-state index in [1.165, 1.54) is 102 Å². The fraction of sp³-hybridized carbons (Fsp3) is 0.488. The fourth-order valence-electron chi connectivity index (χ4n) is 8.92. The summed E-state index contributed by atoms with van der Waals surface area (Å²) in [5.41, 5.74) is 8.41. The normalized spacial score (nSPS) is 20.7. The number of esters is 1. The Hall–Kier alpha value is -4.72. The van der Waals surface area contributed by atoms with E-state index in [1.807, 2.05) is 10.9 Å². The zero-order valence-electron chi connectivity index (χ0n) is 30.7. The van der Waals surface area contributed by atoms with Crippen molar-refractivity contribution in [1.82, 2.24) is 34.9 Å². The maximum absolute atomic E-state index is 13.5. The van der Waals surface area contributed by atoms with E-state index in [4.69, 9.17) is 10.5 Å². The predicted octanol–water partition coefficient (Wildman–Crippen LogP) is 5.48. The van der Waals surface area contributed by atoms with Crippen molar-refractivity contribution in [3.63, 3.8) is 0 Å². The van der Waals surface area contributed by atoms with E-state index >= 15 is 0 Å². The topological polar surface area (TPSA) is 144 Å². The van der Waals surface area contributed by atoms with Crippen LogP contribution in [0.15, 0.2) is 73.2 Å². The van der Waals surface area contributed by atoms with Gasteiger partial charge in [0.2, 0.25) is 6.10 Å². The van der Waals surface area contributed by atoms with Crippen LogP contribution in [0.1, 0.15) is 79.6 Å². The Labute approximate surface area is 315 Å². The molecule has 5 heterocycles. The van der Waals surface area contributed by atoms with E-state index in [9.17, 15) is 14.0 Å². The molecule has 2 aromatic carbocycles. The number of carbonyl (C=O) groups is 2. The van der Waals surface area contributed by atoms with Gasteiger partial charge < -0.3 is 30.9 Å². The molecular formula is C41H50FN9O3. The first-order valence-electron chi connectivity index (χ1n) is 19.5. The Balaban J connectivity index is 0.855. The molecule has 1 spiro atoms. The van der Waals surface area contributed by atoms with Crippen LogP contribution >= 0.6 is 0 Å². The number of benzene rings is 2. The second-order valence-electron chi connectivity index (χ2n) is 15.7. The highest BCUT2D eigenvalue weighted by atomic mass is 19.1. The van der Waals surface area contributed by atoms with Crippen molar-refractivity contribution in [1.29, 1.82) is 0 Å². The first kappa shape index (κ1) is 36.3. The van der Waals surface area contributed by atoms with Crippen molar-refractivity contribution >= 4 is 23.4 Å². The quantitative estimate of drug-likeness (QED) is 0.179. The van der Waals surface area contributed by atoms with Crippen molar-refractivity contribution in [3.8, 4) is 11.3 Å². The fourth-order valence-corrected chi connectivity index (χ4v) is 8.92. The van der Waals surface area contributed by atoms with Crippen LogP contribution in [0.3, 0.4) is 0 Å². The van der Waals surface area contributed by atoms with Gasteiger partial charge in [0.05, 0.1) is 24.1 Å². The van der Waals surface area contributed by atoms with Gasteiger partial charge in [-0.25, -0.2) is 19.2 Å². The number of nitrogen functional groups attached to an aromatic ring is 1. The summed E-state index contributed by atoms with van der Waals surface area (Å²) in [6.45, 7) is 8.33. The predicted molar refractivity (Wildman–Crippen MR) is 204 cm³/mol. The van der Waals surface area contributed by atoms with Gasteiger partial charge in [-0.15, -0.1) is 0 Å². The summed E-state index contributed by atoms with van der Waals surface area (Å²) in [5, 5.41) is 10.9. The number of ether oxygens (including phenoxy) is 1. The van der Waals surface area contributed by atoms with Crippen LogP contribution in [0.5, 0.6) is 0 Å². The van der Waals surface area contributed by atoms with E-state index in [1.54, 1.807) is 36.5 Å². The summed E-state index contributed by atoms with van der Waals surface area (Å²) in [5.74, 6) is -1.19. The summed E-state index contributed by atoms with van der Waals surface area (Å²) in [6.07, 6.45) is 14.0. The molecule has 0 radical (unpaired) electrons. The molecular weight excluding hydrogens is 686 g/mol. The van der Waals surface area contributed by atoms with Crippen molar-refractivity contribution in [2.75, 3.05) is 56.9 Å². The lowest BCUT2D eigenvalue weighted by Crippen LogP contribution is -2.56. The van der Waals surface area contributed by atoms with E-state index in [-0.39, 0.29) is 17.6 Å². The molecule has 1 atom stereocenters. The lowest BCUT2D eigenvalue weighted by atomic mass is 9.59. The zero-order chi connectivity index (χ0) is 37.1. The number of nitrogens with two attached hydrogens (primary N) is 1. The van der Waals surface area contributed by atoms with Crippen LogP contribution in [0.25, 0.3) is 11.3 Å². The number of rotatable bonds is 10. The highest BCUT2D eigenvalue weighted by molar-refractivity contribution is 5.99. The average molecular weight is 736 g/mol. The Bertz CT molecular complexity index is 1890. The maximum atomic E-state index is 13.5. The zero-order valence-corrected chi connectivity index (χ0v) is 30.7. The van der Waals surface area contributed by atoms with Gasteiger partial charge in [0.15, 0.2) is 11.5 Å². The third-order valence-corrected chi connectivity index (χ3v) is 12.2. The Morgan fingerprint density at radius 3 is 2.39 bits per heavy atom. The van der Waals surface area contributed by atoms with Crippen LogP contribution in [0.2, 0.25) is 0 Å². The first-order valence-corrected chi connectivity index (χ1v) is 19.5. The summed E-state index contributed by atoms with van der Waals surface area (Å²) < 4.78 is 21.2. The number of amides is 1. The van der Waals surface area contributed by atoms with Gasteiger partial charge in [0.1, 0.15) is 5.82 Å². The number of hydrogen-bond donors (Lipinski definition) is 3. The minimum atomic E-state index is -1.32. The van der Waals surface area contributed by atoms with Crippen molar-refractivity contribution in [2.24, 2.45) is 11.3 Å². The molecule has 4 aliphatic rings. The number of piperidine rings is 3. The second-order valence-corrected chi connectivity index (χ2v) is 15.7. The number of anilines is 2. The van der Waals surface area contributed by atoms with Crippen LogP contribution in [-0.4, -0.2) is 93.3 Å². The summed E-state index contributed by atoms with van der Waals surface area (Å²) >= 11 is 0. The molecule has 3 saturated heterocycles. The molecule has 284 valence electrons. The molecule has 13 heteroatoms. The Morgan fingerprint density at radius 2 is 1.67 bits per heavy atom. The SMILES string of the molecule is Nc1ncc(-c2cnn(C3CCN(C4CC5(CCN(CC6CCNCC6)CC5)C4)CC3)c2)nc1C(=O)O[C@@H](C(=O)Nc1ccc(F)cc1)c1ccccc1. The molecule has 4 fully saturated rings. The number of carbonyl (C=O) groups excluding carboxylic acids is 2. The molecule has 3 aliphatic heterocycles. The van der Waals surface area contributed by atoms with Gasteiger partial charge in [-0.05, 0) is 113 Å². The third-order valence-electron chi connectivity index (χ3n) is 12.2. The highest BCUT2D eigenvalue weighted by Crippen LogP contribution is 2.51. The van der Waals surface area contributed by atoms with E-state index in [0.29, 0.717) is 34.0 Å². The molecule has 0 bridgehead atoms. The maximum Gasteiger partial charge on any atom is 0.361 e. The van der Waals surface area contributed by atoms with Crippen LogP contribution < -0.4 is 16.4 Å². The third kappa shape index (κ3) is 8.18. The van der Waals surface area contributed by atoms with Gasteiger partial charge in [0, 0.05) is 48.7 Å². The van der Waals surface area contributed by atoms with Crippen molar-refractivity contribution in [2.45, 2.75) is 69.6 Å². The number of aromatic nitrogens is 4. The lowest BCUT2D eigenvalue weighted by molar-refractivity contribution is -0.125. The first-order chi connectivity index (χ1) is 26.3.